The van der Waals surface area contributed by atoms with E-state index in [2.05, 4.69) is 59.2 Å². The fourth-order valence-electron chi connectivity index (χ4n) is 2.86. The molecule has 0 bridgehead atoms. The normalized spacial score (nSPS) is 20.3. The molecule has 1 nitrogen and oxygen atoms in total. The topological polar surface area (TPSA) is 9.23 Å². The van der Waals surface area contributed by atoms with Crippen molar-refractivity contribution in [3.05, 3.63) is 12.7 Å². The summed E-state index contributed by atoms with van der Waals surface area (Å²) < 4.78 is 6.80. The maximum absolute atomic E-state index is 6.80. The maximum Gasteiger partial charge on any atom is 0.192 e. The molecule has 0 aromatic heterocycles. The van der Waals surface area contributed by atoms with Gasteiger partial charge in [0, 0.05) is 5.92 Å². The molecule has 0 saturated heterocycles. The van der Waals surface area contributed by atoms with Crippen molar-refractivity contribution in [2.45, 2.75) is 84.0 Å². The lowest BCUT2D eigenvalue weighted by Crippen LogP contribution is -2.47. The Hall–Kier alpha value is -0.523. The highest BCUT2D eigenvalue weighted by molar-refractivity contribution is 6.74. The summed E-state index contributed by atoms with van der Waals surface area (Å²) in [7, 11) is -1.75. The van der Waals surface area contributed by atoms with E-state index in [4.69, 9.17) is 4.43 Å². The van der Waals surface area contributed by atoms with Gasteiger partial charge in [0.05, 0.1) is 6.10 Å². The number of rotatable bonds is 4. The minimum Gasteiger partial charge on any atom is -0.412 e. The summed E-state index contributed by atoms with van der Waals surface area (Å²) >= 11 is 0. The molecule has 1 saturated carbocycles. The van der Waals surface area contributed by atoms with Gasteiger partial charge in [-0.25, -0.2) is 0 Å². The SMILES string of the molecule is C=CC#C[C@@H](C)[C@@H](O[Si](C)(C)C(C)(C)C)C1CCCCC1. The highest BCUT2D eigenvalue weighted by Crippen LogP contribution is 2.41. The van der Waals surface area contributed by atoms with E-state index in [0.717, 1.165) is 0 Å². The summed E-state index contributed by atoms with van der Waals surface area (Å²) in [5.41, 5.74) is 0. The molecule has 0 amide bonds. The minimum absolute atomic E-state index is 0.255. The van der Waals surface area contributed by atoms with E-state index >= 15 is 0 Å². The second kappa shape index (κ2) is 7.65. The van der Waals surface area contributed by atoms with Crippen LogP contribution in [-0.4, -0.2) is 14.4 Å². The van der Waals surface area contributed by atoms with Crippen molar-refractivity contribution in [1.29, 1.82) is 0 Å². The van der Waals surface area contributed by atoms with Gasteiger partial charge in [-0.05, 0) is 49.9 Å². The predicted octanol–water partition coefficient (Wildman–Crippen LogP) is 5.78. The lowest BCUT2D eigenvalue weighted by Gasteiger charge is -2.43. The van der Waals surface area contributed by atoms with Crippen molar-refractivity contribution in [2.75, 3.05) is 0 Å². The Balaban J connectivity index is 2.93. The number of hydrogen-bond acceptors (Lipinski definition) is 1. The van der Waals surface area contributed by atoms with Gasteiger partial charge in [0.1, 0.15) is 0 Å². The Bertz CT molecular complexity index is 388. The first-order valence-electron chi connectivity index (χ1n) is 8.49. The van der Waals surface area contributed by atoms with Gasteiger partial charge in [-0.2, -0.15) is 0 Å². The first-order valence-corrected chi connectivity index (χ1v) is 11.4. The summed E-state index contributed by atoms with van der Waals surface area (Å²) in [6.45, 7) is 17.6. The lowest BCUT2D eigenvalue weighted by atomic mass is 9.81. The van der Waals surface area contributed by atoms with Crippen LogP contribution >= 0.6 is 0 Å². The number of allylic oxidation sites excluding steroid dienone is 1. The molecule has 0 aliphatic heterocycles. The molecule has 0 radical (unpaired) electrons. The smallest absolute Gasteiger partial charge is 0.192 e. The van der Waals surface area contributed by atoms with Crippen LogP contribution in [0.5, 0.6) is 0 Å². The summed E-state index contributed by atoms with van der Waals surface area (Å²) in [5, 5.41) is 0.255. The zero-order valence-corrected chi connectivity index (χ0v) is 16.0. The van der Waals surface area contributed by atoms with Crippen molar-refractivity contribution >= 4 is 8.32 Å². The Labute approximate surface area is 133 Å². The molecule has 120 valence electrons. The van der Waals surface area contributed by atoms with E-state index in [1.165, 1.54) is 32.1 Å². The highest BCUT2D eigenvalue weighted by Gasteiger charge is 2.42. The molecule has 21 heavy (non-hydrogen) atoms. The quantitative estimate of drug-likeness (QED) is 0.472. The van der Waals surface area contributed by atoms with Crippen molar-refractivity contribution in [2.24, 2.45) is 11.8 Å². The molecular formula is C19H34OSi. The molecule has 0 aromatic carbocycles. The largest absolute Gasteiger partial charge is 0.412 e. The third-order valence-electron chi connectivity index (χ3n) is 5.26. The first kappa shape index (κ1) is 18.5. The van der Waals surface area contributed by atoms with Crippen LogP contribution in [0.25, 0.3) is 0 Å². The average molecular weight is 307 g/mol. The van der Waals surface area contributed by atoms with E-state index in [-0.39, 0.29) is 5.04 Å². The van der Waals surface area contributed by atoms with Gasteiger partial charge < -0.3 is 4.43 Å². The Morgan fingerprint density at radius 2 is 1.76 bits per heavy atom. The van der Waals surface area contributed by atoms with Crippen molar-refractivity contribution < 1.29 is 4.43 Å². The van der Waals surface area contributed by atoms with Crippen molar-refractivity contribution in [3.63, 3.8) is 0 Å². The third-order valence-corrected chi connectivity index (χ3v) is 9.73. The minimum atomic E-state index is -1.75. The van der Waals surface area contributed by atoms with E-state index in [1.54, 1.807) is 6.08 Å². The lowest BCUT2D eigenvalue weighted by molar-refractivity contribution is 0.0680. The van der Waals surface area contributed by atoms with Crippen LogP contribution in [0.3, 0.4) is 0 Å². The summed E-state index contributed by atoms with van der Waals surface area (Å²) in [6.07, 6.45) is 8.68. The Morgan fingerprint density at radius 3 is 2.24 bits per heavy atom. The molecule has 1 rings (SSSR count). The first-order chi connectivity index (χ1) is 9.69. The fourth-order valence-corrected chi connectivity index (χ4v) is 4.29. The van der Waals surface area contributed by atoms with Gasteiger partial charge in [-0.3, -0.25) is 0 Å². The molecule has 0 unspecified atom stereocenters. The van der Waals surface area contributed by atoms with E-state index in [9.17, 15) is 0 Å². The van der Waals surface area contributed by atoms with Gasteiger partial charge in [0.15, 0.2) is 8.32 Å². The van der Waals surface area contributed by atoms with Crippen molar-refractivity contribution in [3.8, 4) is 11.8 Å². The van der Waals surface area contributed by atoms with E-state index in [0.29, 0.717) is 17.9 Å². The zero-order valence-electron chi connectivity index (χ0n) is 15.0. The predicted molar refractivity (Wildman–Crippen MR) is 95.8 cm³/mol. The molecule has 0 heterocycles. The molecule has 1 aliphatic rings. The molecule has 0 aromatic rings. The van der Waals surface area contributed by atoms with Gasteiger partial charge in [-0.1, -0.05) is 58.5 Å². The van der Waals surface area contributed by atoms with Crippen LogP contribution in [-0.2, 0) is 4.43 Å². The Morgan fingerprint density at radius 1 is 1.19 bits per heavy atom. The maximum atomic E-state index is 6.80. The summed E-state index contributed by atoms with van der Waals surface area (Å²) in [6, 6.07) is 0. The Kier molecular flexibility index (Phi) is 6.75. The number of hydrogen-bond donors (Lipinski definition) is 0. The third kappa shape index (κ3) is 5.31. The van der Waals surface area contributed by atoms with Crippen LogP contribution in [0.15, 0.2) is 12.7 Å². The summed E-state index contributed by atoms with van der Waals surface area (Å²) in [5.74, 6) is 7.35. The fraction of sp³-hybridized carbons (Fsp3) is 0.789. The molecule has 1 fully saturated rings. The van der Waals surface area contributed by atoms with Crippen LogP contribution in [0, 0.1) is 23.7 Å². The second-order valence-corrected chi connectivity index (χ2v) is 12.8. The van der Waals surface area contributed by atoms with Crippen LogP contribution in [0.4, 0.5) is 0 Å². The summed E-state index contributed by atoms with van der Waals surface area (Å²) in [4.78, 5) is 0. The van der Waals surface area contributed by atoms with Gasteiger partial charge in [0.25, 0.3) is 0 Å². The molecule has 1 aliphatic carbocycles. The molecule has 0 spiro atoms. The van der Waals surface area contributed by atoms with Crippen LogP contribution < -0.4 is 0 Å². The monoisotopic (exact) mass is 306 g/mol. The van der Waals surface area contributed by atoms with Gasteiger partial charge >= 0.3 is 0 Å². The molecule has 2 heteroatoms. The van der Waals surface area contributed by atoms with E-state index < -0.39 is 8.32 Å². The van der Waals surface area contributed by atoms with Gasteiger partial charge in [-0.15, -0.1) is 0 Å². The van der Waals surface area contributed by atoms with Crippen LogP contribution in [0.1, 0.15) is 59.8 Å². The molecule has 0 N–H and O–H groups in total. The highest BCUT2D eigenvalue weighted by atomic mass is 28.4. The van der Waals surface area contributed by atoms with Crippen LogP contribution in [0.2, 0.25) is 18.1 Å². The van der Waals surface area contributed by atoms with Crippen molar-refractivity contribution in [1.82, 2.24) is 0 Å². The van der Waals surface area contributed by atoms with E-state index in [1.807, 2.05) is 0 Å². The average Bonchev–Trinajstić information content (AvgIpc) is 2.42. The second-order valence-electron chi connectivity index (χ2n) is 8.02. The standard InChI is InChI=1S/C19H34OSi/c1-8-9-13-16(2)18(17-14-11-10-12-15-17)20-21(6,7)19(3,4)5/h8,16-18H,1,10-12,14-15H2,2-7H3/t16-,18-/m1/s1. The molecular weight excluding hydrogens is 272 g/mol. The van der Waals surface area contributed by atoms with Gasteiger partial charge in [0.2, 0.25) is 0 Å². The molecule has 2 atom stereocenters. The zero-order chi connectivity index (χ0) is 16.1.